The van der Waals surface area contributed by atoms with Gasteiger partial charge in [-0.25, -0.2) is 0 Å². The fraction of sp³-hybridized carbons (Fsp3) is 0.588. The molecule has 0 spiro atoms. The second kappa shape index (κ2) is 5.57. The van der Waals surface area contributed by atoms with Crippen LogP contribution in [-0.4, -0.2) is 29.9 Å². The van der Waals surface area contributed by atoms with Gasteiger partial charge >= 0.3 is 0 Å². The third-order valence-corrected chi connectivity index (χ3v) is 4.56. The minimum Gasteiger partial charge on any atom is -0.335 e. The highest BCUT2D eigenvalue weighted by Crippen LogP contribution is 2.35. The Hall–Kier alpha value is -1.35. The van der Waals surface area contributed by atoms with E-state index in [9.17, 15) is 4.79 Å². The van der Waals surface area contributed by atoms with Gasteiger partial charge in [-0.15, -0.1) is 0 Å². The lowest BCUT2D eigenvalue weighted by Crippen LogP contribution is -2.50. The van der Waals surface area contributed by atoms with Crippen molar-refractivity contribution in [2.45, 2.75) is 45.2 Å². The molecule has 3 rings (SSSR count). The minimum absolute atomic E-state index is 0.213. The zero-order valence-electron chi connectivity index (χ0n) is 12.3. The first-order valence-corrected chi connectivity index (χ1v) is 7.75. The van der Waals surface area contributed by atoms with Crippen molar-refractivity contribution in [3.63, 3.8) is 0 Å². The largest absolute Gasteiger partial charge is 0.335 e. The van der Waals surface area contributed by atoms with Crippen LogP contribution >= 0.6 is 0 Å². The quantitative estimate of drug-likeness (QED) is 0.913. The number of hydrogen-bond acceptors (Lipinski definition) is 2. The van der Waals surface area contributed by atoms with Crippen LogP contribution in [0.5, 0.6) is 0 Å². The van der Waals surface area contributed by atoms with Gasteiger partial charge in [0.2, 0.25) is 5.91 Å². The summed E-state index contributed by atoms with van der Waals surface area (Å²) in [5.41, 5.74) is 1.02. The van der Waals surface area contributed by atoms with Crippen molar-refractivity contribution in [2.75, 3.05) is 13.1 Å². The molecule has 0 aromatic heterocycles. The Balaban J connectivity index is 1.75. The van der Waals surface area contributed by atoms with Crippen molar-refractivity contribution >= 4 is 5.91 Å². The van der Waals surface area contributed by atoms with E-state index in [-0.39, 0.29) is 5.41 Å². The van der Waals surface area contributed by atoms with Crippen molar-refractivity contribution in [3.05, 3.63) is 35.9 Å². The number of benzene rings is 1. The average Bonchev–Trinajstić information content (AvgIpc) is 3.30. The van der Waals surface area contributed by atoms with Gasteiger partial charge in [0.05, 0.1) is 5.41 Å². The van der Waals surface area contributed by atoms with Crippen LogP contribution in [0.25, 0.3) is 0 Å². The summed E-state index contributed by atoms with van der Waals surface area (Å²) in [6.07, 6.45) is 4.45. The van der Waals surface area contributed by atoms with E-state index < -0.39 is 0 Å². The first-order valence-electron chi connectivity index (χ1n) is 7.75. The Morgan fingerprint density at radius 2 is 2.10 bits per heavy atom. The van der Waals surface area contributed by atoms with Crippen molar-refractivity contribution in [3.8, 4) is 0 Å². The zero-order valence-corrected chi connectivity index (χ0v) is 12.3. The Labute approximate surface area is 121 Å². The molecule has 2 aliphatic rings. The van der Waals surface area contributed by atoms with Crippen LogP contribution in [0.2, 0.25) is 0 Å². The summed E-state index contributed by atoms with van der Waals surface area (Å²) in [7, 11) is 0. The highest BCUT2D eigenvalue weighted by atomic mass is 16.2. The number of rotatable bonds is 4. The first kappa shape index (κ1) is 13.6. The summed E-state index contributed by atoms with van der Waals surface area (Å²) in [6.45, 7) is 4.76. The molecule has 0 radical (unpaired) electrons. The summed E-state index contributed by atoms with van der Waals surface area (Å²) < 4.78 is 0. The molecule has 1 aliphatic heterocycles. The van der Waals surface area contributed by atoms with Crippen LogP contribution in [0, 0.1) is 5.41 Å². The van der Waals surface area contributed by atoms with Crippen LogP contribution in [0.15, 0.2) is 30.3 Å². The lowest BCUT2D eigenvalue weighted by molar-refractivity contribution is -0.143. The van der Waals surface area contributed by atoms with Gasteiger partial charge in [0.25, 0.3) is 0 Å². The first-order chi connectivity index (χ1) is 9.69. The zero-order chi connectivity index (χ0) is 14.0. The molecule has 3 heteroatoms. The normalized spacial score (nSPS) is 26.2. The average molecular weight is 272 g/mol. The minimum atomic E-state index is -0.213. The van der Waals surface area contributed by atoms with Crippen LogP contribution in [0.4, 0.5) is 0 Å². The molecular weight excluding hydrogens is 248 g/mol. The molecule has 1 aromatic carbocycles. The van der Waals surface area contributed by atoms with Crippen molar-refractivity contribution in [2.24, 2.45) is 5.41 Å². The van der Waals surface area contributed by atoms with Crippen molar-refractivity contribution in [1.82, 2.24) is 10.2 Å². The molecule has 108 valence electrons. The molecule has 1 heterocycles. The number of carbonyl (C=O) groups excluding carboxylic acids is 1. The molecule has 1 saturated heterocycles. The molecule has 1 amide bonds. The summed E-state index contributed by atoms with van der Waals surface area (Å²) in [4.78, 5) is 15.1. The van der Waals surface area contributed by atoms with Crippen LogP contribution in [-0.2, 0) is 11.3 Å². The predicted octanol–water partition coefficient (Wildman–Crippen LogP) is 2.57. The van der Waals surface area contributed by atoms with Crippen LogP contribution < -0.4 is 5.32 Å². The van der Waals surface area contributed by atoms with Crippen molar-refractivity contribution in [1.29, 1.82) is 0 Å². The van der Waals surface area contributed by atoms with Gasteiger partial charge in [-0.3, -0.25) is 4.79 Å². The van der Waals surface area contributed by atoms with Crippen LogP contribution in [0.3, 0.4) is 0 Å². The maximum atomic E-state index is 13.0. The highest BCUT2D eigenvalue weighted by Gasteiger charge is 2.42. The summed E-state index contributed by atoms with van der Waals surface area (Å²) >= 11 is 0. The van der Waals surface area contributed by atoms with Gasteiger partial charge in [-0.05, 0) is 44.7 Å². The van der Waals surface area contributed by atoms with E-state index in [0.717, 1.165) is 32.5 Å². The maximum Gasteiger partial charge on any atom is 0.230 e. The van der Waals surface area contributed by atoms with E-state index in [1.165, 1.54) is 18.4 Å². The maximum absolute atomic E-state index is 13.0. The second-order valence-electron chi connectivity index (χ2n) is 6.49. The lowest BCUT2D eigenvalue weighted by Gasteiger charge is -2.37. The monoisotopic (exact) mass is 272 g/mol. The Bertz CT molecular complexity index is 461. The Morgan fingerprint density at radius 3 is 2.70 bits per heavy atom. The van der Waals surface area contributed by atoms with Gasteiger partial charge in [-0.1, -0.05) is 30.3 Å². The second-order valence-corrected chi connectivity index (χ2v) is 6.49. The number of amides is 1. The molecule has 20 heavy (non-hydrogen) atoms. The van der Waals surface area contributed by atoms with E-state index in [1.54, 1.807) is 0 Å². The van der Waals surface area contributed by atoms with E-state index in [2.05, 4.69) is 41.4 Å². The van der Waals surface area contributed by atoms with Gasteiger partial charge in [0, 0.05) is 19.1 Å². The predicted molar refractivity (Wildman–Crippen MR) is 80.2 cm³/mol. The number of nitrogens with one attached hydrogen (secondary N) is 1. The fourth-order valence-electron chi connectivity index (χ4n) is 3.12. The van der Waals surface area contributed by atoms with Gasteiger partial charge in [0.1, 0.15) is 0 Å². The smallest absolute Gasteiger partial charge is 0.230 e. The molecule has 3 nitrogen and oxygen atoms in total. The third kappa shape index (κ3) is 2.88. The molecule has 1 aliphatic carbocycles. The van der Waals surface area contributed by atoms with E-state index in [1.807, 2.05) is 6.07 Å². The lowest BCUT2D eigenvalue weighted by atomic mass is 9.81. The number of piperidine rings is 1. The van der Waals surface area contributed by atoms with Gasteiger partial charge in [-0.2, -0.15) is 0 Å². The highest BCUT2D eigenvalue weighted by molar-refractivity contribution is 5.83. The number of hydrogen-bond donors (Lipinski definition) is 1. The molecule has 1 saturated carbocycles. The van der Waals surface area contributed by atoms with Crippen molar-refractivity contribution < 1.29 is 4.79 Å². The molecule has 1 N–H and O–H groups in total. The SMILES string of the molecule is CC1(C(=O)N(Cc2ccccc2)C2CC2)CCCNC1. The molecule has 1 aromatic rings. The Morgan fingerprint density at radius 1 is 1.35 bits per heavy atom. The van der Waals surface area contributed by atoms with Gasteiger partial charge < -0.3 is 10.2 Å². The molecule has 0 bridgehead atoms. The fourth-order valence-corrected chi connectivity index (χ4v) is 3.12. The molecular formula is C17H24N2O. The molecule has 2 fully saturated rings. The molecule has 1 unspecified atom stereocenters. The standard InChI is InChI=1S/C17H24N2O/c1-17(10-5-11-18-13-17)16(20)19(15-8-9-15)12-14-6-3-2-4-7-14/h2-4,6-7,15,18H,5,8-13H2,1H3. The summed E-state index contributed by atoms with van der Waals surface area (Å²) in [5.74, 6) is 0.344. The topological polar surface area (TPSA) is 32.3 Å². The molecule has 1 atom stereocenters. The van der Waals surface area contributed by atoms with E-state index in [0.29, 0.717) is 11.9 Å². The van der Waals surface area contributed by atoms with E-state index >= 15 is 0 Å². The van der Waals surface area contributed by atoms with Crippen LogP contribution in [0.1, 0.15) is 38.2 Å². The van der Waals surface area contributed by atoms with E-state index in [4.69, 9.17) is 0 Å². The summed E-state index contributed by atoms with van der Waals surface area (Å²) in [5, 5.41) is 3.39. The number of nitrogens with zero attached hydrogens (tertiary/aromatic N) is 1. The Kier molecular flexibility index (Phi) is 3.79. The third-order valence-electron chi connectivity index (χ3n) is 4.56. The van der Waals surface area contributed by atoms with Gasteiger partial charge in [0.15, 0.2) is 0 Å². The summed E-state index contributed by atoms with van der Waals surface area (Å²) in [6, 6.07) is 10.8. The number of carbonyl (C=O) groups is 1.